The van der Waals surface area contributed by atoms with Crippen molar-refractivity contribution in [3.63, 3.8) is 0 Å². The number of hydrogen-bond acceptors (Lipinski definition) is 7. The largest absolute Gasteiger partial charge is 0.495 e. The molecule has 0 unspecified atom stereocenters. The highest BCUT2D eigenvalue weighted by Crippen LogP contribution is 2.45. The molecule has 0 amide bonds. The summed E-state index contributed by atoms with van der Waals surface area (Å²) in [5.41, 5.74) is 4.83. The van der Waals surface area contributed by atoms with Gasteiger partial charge in [0.1, 0.15) is 37.3 Å². The molecule has 3 atom stereocenters. The Bertz CT molecular complexity index is 812. The second kappa shape index (κ2) is 9.49. The Hall–Kier alpha value is -1.90. The van der Waals surface area contributed by atoms with Crippen molar-refractivity contribution >= 4 is 0 Å². The van der Waals surface area contributed by atoms with Crippen LogP contribution in [-0.2, 0) is 17.6 Å². The minimum absolute atomic E-state index is 0.0506. The number of rotatable bonds is 9. The lowest BCUT2D eigenvalue weighted by Gasteiger charge is -2.37. The van der Waals surface area contributed by atoms with E-state index in [1.54, 1.807) is 0 Å². The molecule has 5 N–H and O–H groups in total. The quantitative estimate of drug-likeness (QED) is 0.376. The van der Waals surface area contributed by atoms with Gasteiger partial charge >= 0.3 is 0 Å². The van der Waals surface area contributed by atoms with Gasteiger partial charge in [0.05, 0.1) is 19.0 Å². The van der Waals surface area contributed by atoms with E-state index in [0.29, 0.717) is 12.2 Å². The van der Waals surface area contributed by atoms with Crippen molar-refractivity contribution in [2.24, 2.45) is 5.41 Å². The molecule has 2 aliphatic carbocycles. The summed E-state index contributed by atoms with van der Waals surface area (Å²) in [5, 5.41) is 46.7. The van der Waals surface area contributed by atoms with E-state index in [1.165, 1.54) is 22.3 Å². The number of allylic oxidation sites excluding steroid dienone is 3. The van der Waals surface area contributed by atoms with Gasteiger partial charge in [0.25, 0.3) is 0 Å². The molecular weight excluding hydrogens is 388 g/mol. The topological polar surface area (TPSA) is 120 Å². The van der Waals surface area contributed by atoms with Crippen LogP contribution in [0.5, 0.6) is 5.75 Å². The summed E-state index contributed by atoms with van der Waals surface area (Å²) in [6, 6.07) is 5.91. The summed E-state index contributed by atoms with van der Waals surface area (Å²) >= 11 is 0. The molecule has 0 aliphatic heterocycles. The monoisotopic (exact) mass is 420 g/mol. The Morgan fingerprint density at radius 1 is 0.900 bits per heavy atom. The van der Waals surface area contributed by atoms with Gasteiger partial charge in [0.2, 0.25) is 0 Å². The summed E-state index contributed by atoms with van der Waals surface area (Å²) in [6.45, 7) is 3.41. The van der Waals surface area contributed by atoms with Gasteiger partial charge in [0, 0.05) is 11.8 Å². The maximum absolute atomic E-state index is 9.85. The molecule has 0 saturated heterocycles. The smallest absolute Gasteiger partial charge is 0.119 e. The predicted octanol–water partition coefficient (Wildman–Crippen LogP) is 0.858. The molecule has 0 heterocycles. The SMILES string of the molecule is CC1(C)C=C(OC[C@@H](O)[C@H](O)CO)CC2=C1Cc1cc(OC[C@H](O)CO)ccc1C2. The highest BCUT2D eigenvalue weighted by Gasteiger charge is 2.33. The molecule has 0 fully saturated rings. The number of benzene rings is 1. The van der Waals surface area contributed by atoms with Gasteiger partial charge in [-0.25, -0.2) is 0 Å². The van der Waals surface area contributed by atoms with Crippen molar-refractivity contribution in [3.8, 4) is 5.75 Å². The van der Waals surface area contributed by atoms with Crippen LogP contribution >= 0.6 is 0 Å². The number of aliphatic hydroxyl groups is 5. The summed E-state index contributed by atoms with van der Waals surface area (Å²) in [4.78, 5) is 0. The molecule has 0 bridgehead atoms. The van der Waals surface area contributed by atoms with Gasteiger partial charge in [-0.3, -0.25) is 0 Å². The second-order valence-electron chi connectivity index (χ2n) is 8.65. The molecule has 3 rings (SSSR count). The molecule has 30 heavy (non-hydrogen) atoms. The lowest BCUT2D eigenvalue weighted by Crippen LogP contribution is -2.33. The van der Waals surface area contributed by atoms with E-state index in [0.717, 1.165) is 18.6 Å². The Kier molecular flexibility index (Phi) is 7.21. The maximum atomic E-state index is 9.85. The van der Waals surface area contributed by atoms with Crippen molar-refractivity contribution in [1.29, 1.82) is 0 Å². The van der Waals surface area contributed by atoms with E-state index < -0.39 is 24.9 Å². The Balaban J connectivity index is 1.69. The average Bonchev–Trinajstić information content (AvgIpc) is 2.73. The molecular formula is C23H32O7. The third-order valence-corrected chi connectivity index (χ3v) is 5.79. The minimum Gasteiger partial charge on any atom is -0.495 e. The molecule has 0 radical (unpaired) electrons. The summed E-state index contributed by atoms with van der Waals surface area (Å²) in [7, 11) is 0. The van der Waals surface area contributed by atoms with Crippen LogP contribution in [0, 0.1) is 5.41 Å². The number of aliphatic hydroxyl groups excluding tert-OH is 5. The first-order chi connectivity index (χ1) is 14.2. The zero-order valence-corrected chi connectivity index (χ0v) is 17.5. The Labute approximate surface area is 176 Å². The van der Waals surface area contributed by atoms with Crippen LogP contribution in [0.2, 0.25) is 0 Å². The molecule has 1 aromatic rings. The number of hydrogen-bond donors (Lipinski definition) is 5. The van der Waals surface area contributed by atoms with Crippen LogP contribution in [0.15, 0.2) is 41.2 Å². The van der Waals surface area contributed by atoms with Crippen molar-refractivity contribution in [3.05, 3.63) is 52.3 Å². The predicted molar refractivity (Wildman–Crippen MR) is 111 cm³/mol. The first kappa shape index (κ1) is 22.8. The Morgan fingerprint density at radius 2 is 1.67 bits per heavy atom. The lowest BCUT2D eigenvalue weighted by atomic mass is 9.69. The highest BCUT2D eigenvalue weighted by atomic mass is 16.5. The minimum atomic E-state index is -1.21. The third-order valence-electron chi connectivity index (χ3n) is 5.79. The summed E-state index contributed by atoms with van der Waals surface area (Å²) in [5.74, 6) is 1.44. The van der Waals surface area contributed by atoms with Crippen LogP contribution in [0.25, 0.3) is 0 Å². The van der Waals surface area contributed by atoms with Gasteiger partial charge in [-0.2, -0.15) is 0 Å². The van der Waals surface area contributed by atoms with Gasteiger partial charge < -0.3 is 35.0 Å². The van der Waals surface area contributed by atoms with E-state index >= 15 is 0 Å². The van der Waals surface area contributed by atoms with E-state index in [4.69, 9.17) is 19.7 Å². The molecule has 7 heteroatoms. The van der Waals surface area contributed by atoms with E-state index in [1.807, 2.05) is 18.2 Å². The standard InChI is InChI=1S/C23H32O7/c1-23(2)9-19(30-13-22(28)21(27)11-25)7-16-5-14-3-4-18(29-12-17(26)10-24)6-15(14)8-20(16)23/h3-4,6,9,17,21-22,24-28H,5,7-8,10-13H2,1-2H3/t17-,21-,22-/m1/s1. The maximum Gasteiger partial charge on any atom is 0.119 e. The Morgan fingerprint density at radius 3 is 2.37 bits per heavy atom. The van der Waals surface area contributed by atoms with Crippen LogP contribution in [0.1, 0.15) is 31.4 Å². The summed E-state index contributed by atoms with van der Waals surface area (Å²) in [6.07, 6.45) is 1.07. The van der Waals surface area contributed by atoms with Crippen molar-refractivity contribution in [2.75, 3.05) is 26.4 Å². The molecule has 7 nitrogen and oxygen atoms in total. The highest BCUT2D eigenvalue weighted by molar-refractivity contribution is 5.49. The molecule has 0 spiro atoms. The molecule has 1 aromatic carbocycles. The van der Waals surface area contributed by atoms with E-state index in [2.05, 4.69) is 19.9 Å². The van der Waals surface area contributed by atoms with Gasteiger partial charge in [-0.15, -0.1) is 0 Å². The number of fused-ring (bicyclic) bond motifs is 1. The van der Waals surface area contributed by atoms with Crippen LogP contribution in [0.4, 0.5) is 0 Å². The fourth-order valence-corrected chi connectivity index (χ4v) is 4.05. The van der Waals surface area contributed by atoms with Crippen molar-refractivity contribution < 1.29 is 35.0 Å². The van der Waals surface area contributed by atoms with E-state index in [9.17, 15) is 15.3 Å². The van der Waals surface area contributed by atoms with Gasteiger partial charge in [0.15, 0.2) is 0 Å². The lowest BCUT2D eigenvalue weighted by molar-refractivity contribution is -0.0461. The summed E-state index contributed by atoms with van der Waals surface area (Å²) < 4.78 is 11.4. The van der Waals surface area contributed by atoms with Crippen molar-refractivity contribution in [1.82, 2.24) is 0 Å². The van der Waals surface area contributed by atoms with Crippen LogP contribution < -0.4 is 4.74 Å². The van der Waals surface area contributed by atoms with Crippen molar-refractivity contribution in [2.45, 2.75) is 51.4 Å². The second-order valence-corrected chi connectivity index (χ2v) is 8.65. The number of ether oxygens (including phenoxy) is 2. The normalized spacial score (nSPS) is 20.6. The van der Waals surface area contributed by atoms with Crippen LogP contribution in [-0.4, -0.2) is 70.3 Å². The molecule has 166 valence electrons. The van der Waals surface area contributed by atoms with E-state index in [-0.39, 0.29) is 25.2 Å². The molecule has 0 aromatic heterocycles. The first-order valence-electron chi connectivity index (χ1n) is 10.3. The fraction of sp³-hybridized carbons (Fsp3) is 0.565. The first-order valence-corrected chi connectivity index (χ1v) is 10.3. The fourth-order valence-electron chi connectivity index (χ4n) is 4.05. The molecule has 2 aliphatic rings. The average molecular weight is 421 g/mol. The zero-order valence-electron chi connectivity index (χ0n) is 17.5. The molecule has 0 saturated carbocycles. The van der Waals surface area contributed by atoms with Gasteiger partial charge in [-0.05, 0) is 42.2 Å². The van der Waals surface area contributed by atoms with Gasteiger partial charge in [-0.1, -0.05) is 31.1 Å². The zero-order chi connectivity index (χ0) is 21.9. The van der Waals surface area contributed by atoms with Crippen LogP contribution in [0.3, 0.4) is 0 Å². The third kappa shape index (κ3) is 5.22.